The summed E-state index contributed by atoms with van der Waals surface area (Å²) in [7, 11) is 2.05. The molecule has 1 aromatic carbocycles. The smallest absolute Gasteiger partial charge is 0.258 e. The van der Waals surface area contributed by atoms with Gasteiger partial charge in [-0.2, -0.15) is 0 Å². The van der Waals surface area contributed by atoms with Gasteiger partial charge in [0, 0.05) is 0 Å². The van der Waals surface area contributed by atoms with Gasteiger partial charge >= 0.3 is 0 Å². The molecule has 1 atom stereocenters. The average molecular weight is 284 g/mol. The lowest BCUT2D eigenvalue weighted by atomic mass is 10.2. The Hall–Kier alpha value is -2.40. The summed E-state index contributed by atoms with van der Waals surface area (Å²) in [6.45, 7) is 3.32. The zero-order valence-electron chi connectivity index (χ0n) is 12.1. The Balaban J connectivity index is 1.79. The molecule has 0 spiro atoms. The summed E-state index contributed by atoms with van der Waals surface area (Å²) in [6, 6.07) is 11.3. The van der Waals surface area contributed by atoms with E-state index < -0.39 is 0 Å². The number of quaternary nitrogens is 1. The lowest BCUT2D eigenvalue weighted by molar-refractivity contribution is -0.909. The van der Waals surface area contributed by atoms with E-state index in [0.717, 1.165) is 23.6 Å². The fourth-order valence-corrected chi connectivity index (χ4v) is 2.44. The predicted molar refractivity (Wildman–Crippen MR) is 80.1 cm³/mol. The van der Waals surface area contributed by atoms with Gasteiger partial charge in [-0.15, -0.1) is 0 Å². The fraction of sp³-hybridized carbons (Fsp3) is 0.250. The Bertz CT molecular complexity index is 820. The van der Waals surface area contributed by atoms with Crippen LogP contribution in [0.2, 0.25) is 0 Å². The minimum atomic E-state index is -0.0859. The first-order valence-electron chi connectivity index (χ1n) is 6.96. The summed E-state index contributed by atoms with van der Waals surface area (Å²) in [5.41, 5.74) is 0.648. The molecule has 0 bridgehead atoms. The van der Waals surface area contributed by atoms with Crippen molar-refractivity contribution in [2.75, 3.05) is 7.05 Å². The zero-order valence-corrected chi connectivity index (χ0v) is 12.1. The Labute approximate surface area is 122 Å². The lowest BCUT2D eigenvalue weighted by Gasteiger charge is -2.12. The standard InChI is InChI=1S/C16H17N3O2/c1-11-7-8-12(21-11)9-19(2)10-15-17-14-6-4-3-5-13(14)16(20)18-15/h3-8H,9-10H2,1-2H3,(H,17,18,20)/p+1. The number of furan rings is 1. The number of benzene rings is 1. The van der Waals surface area contributed by atoms with Crippen molar-refractivity contribution in [1.82, 2.24) is 9.97 Å². The highest BCUT2D eigenvalue weighted by molar-refractivity contribution is 5.77. The topological polar surface area (TPSA) is 63.3 Å². The molecule has 2 heterocycles. The number of aromatic nitrogens is 2. The van der Waals surface area contributed by atoms with E-state index in [9.17, 15) is 4.79 Å². The highest BCUT2D eigenvalue weighted by atomic mass is 16.3. The van der Waals surface area contributed by atoms with Crippen LogP contribution in [0.15, 0.2) is 45.6 Å². The first-order valence-corrected chi connectivity index (χ1v) is 6.96. The van der Waals surface area contributed by atoms with Gasteiger partial charge in [0.15, 0.2) is 11.6 Å². The molecule has 0 aliphatic heterocycles. The number of aryl methyl sites for hydroxylation is 1. The van der Waals surface area contributed by atoms with Crippen LogP contribution < -0.4 is 10.5 Å². The van der Waals surface area contributed by atoms with Crippen molar-refractivity contribution in [3.63, 3.8) is 0 Å². The molecule has 0 radical (unpaired) electrons. The van der Waals surface area contributed by atoms with Gasteiger partial charge in [0.1, 0.15) is 18.8 Å². The molecule has 0 amide bonds. The molecular formula is C16H18N3O2+. The van der Waals surface area contributed by atoms with Gasteiger partial charge < -0.3 is 14.3 Å². The first kappa shape index (κ1) is 13.6. The fourth-order valence-electron chi connectivity index (χ4n) is 2.44. The van der Waals surface area contributed by atoms with Crippen molar-refractivity contribution in [1.29, 1.82) is 0 Å². The van der Waals surface area contributed by atoms with Crippen LogP contribution in [0.25, 0.3) is 10.9 Å². The number of nitrogens with zero attached hydrogens (tertiary/aromatic N) is 1. The summed E-state index contributed by atoms with van der Waals surface area (Å²) in [5.74, 6) is 2.54. The van der Waals surface area contributed by atoms with E-state index in [1.165, 1.54) is 4.90 Å². The third-order valence-corrected chi connectivity index (χ3v) is 3.40. The van der Waals surface area contributed by atoms with Crippen LogP contribution in [0, 0.1) is 6.92 Å². The van der Waals surface area contributed by atoms with E-state index in [4.69, 9.17) is 4.42 Å². The molecule has 108 valence electrons. The molecule has 1 unspecified atom stereocenters. The molecule has 21 heavy (non-hydrogen) atoms. The summed E-state index contributed by atoms with van der Waals surface area (Å²) in [4.78, 5) is 20.6. The Morgan fingerprint density at radius 3 is 2.76 bits per heavy atom. The number of H-pyrrole nitrogens is 1. The van der Waals surface area contributed by atoms with E-state index in [2.05, 4.69) is 9.97 Å². The highest BCUT2D eigenvalue weighted by Crippen LogP contribution is 2.06. The monoisotopic (exact) mass is 284 g/mol. The molecule has 0 aliphatic carbocycles. The van der Waals surface area contributed by atoms with Crippen LogP contribution in [0.5, 0.6) is 0 Å². The van der Waals surface area contributed by atoms with Gasteiger partial charge in [0.2, 0.25) is 0 Å². The number of hydrogen-bond acceptors (Lipinski definition) is 3. The maximum Gasteiger partial charge on any atom is 0.258 e. The van der Waals surface area contributed by atoms with Crippen LogP contribution in [-0.2, 0) is 13.1 Å². The van der Waals surface area contributed by atoms with E-state index in [1.807, 2.05) is 44.3 Å². The van der Waals surface area contributed by atoms with Gasteiger partial charge in [-0.25, -0.2) is 4.98 Å². The van der Waals surface area contributed by atoms with Crippen LogP contribution >= 0.6 is 0 Å². The minimum absolute atomic E-state index is 0.0859. The molecule has 5 nitrogen and oxygen atoms in total. The van der Waals surface area contributed by atoms with Crippen LogP contribution in [0.3, 0.4) is 0 Å². The van der Waals surface area contributed by atoms with Crippen molar-refractivity contribution in [2.45, 2.75) is 20.0 Å². The maximum atomic E-state index is 12.0. The number of rotatable bonds is 4. The molecule has 3 aromatic rings. The Morgan fingerprint density at radius 2 is 2.00 bits per heavy atom. The van der Waals surface area contributed by atoms with Gasteiger partial charge in [0.05, 0.1) is 18.0 Å². The maximum absolute atomic E-state index is 12.0. The average Bonchev–Trinajstić information content (AvgIpc) is 2.84. The SMILES string of the molecule is Cc1ccc(C[NH+](C)Cc2nc3ccccc3c(=O)[nH]2)o1. The minimum Gasteiger partial charge on any atom is -0.460 e. The normalized spacial score (nSPS) is 12.7. The third kappa shape index (κ3) is 3.03. The van der Waals surface area contributed by atoms with Gasteiger partial charge in [-0.3, -0.25) is 4.79 Å². The summed E-state index contributed by atoms with van der Waals surface area (Å²) < 4.78 is 5.57. The molecule has 5 heteroatoms. The second kappa shape index (κ2) is 5.54. The molecule has 0 fully saturated rings. The largest absolute Gasteiger partial charge is 0.460 e. The molecule has 0 aliphatic rings. The van der Waals surface area contributed by atoms with Gasteiger partial charge in [0.25, 0.3) is 5.56 Å². The van der Waals surface area contributed by atoms with E-state index in [-0.39, 0.29) is 5.56 Å². The van der Waals surface area contributed by atoms with Crippen LogP contribution in [0.1, 0.15) is 17.3 Å². The Kier molecular flexibility index (Phi) is 3.58. The summed E-state index contributed by atoms with van der Waals surface area (Å²) in [6.07, 6.45) is 0. The first-order chi connectivity index (χ1) is 10.1. The highest BCUT2D eigenvalue weighted by Gasteiger charge is 2.11. The van der Waals surface area contributed by atoms with Gasteiger partial charge in [-0.05, 0) is 31.2 Å². The molecule has 2 N–H and O–H groups in total. The summed E-state index contributed by atoms with van der Waals surface area (Å²) in [5, 5.41) is 0.626. The van der Waals surface area contributed by atoms with E-state index >= 15 is 0 Å². The van der Waals surface area contributed by atoms with Crippen LogP contribution in [-0.4, -0.2) is 17.0 Å². The van der Waals surface area contributed by atoms with Crippen molar-refractivity contribution in [3.8, 4) is 0 Å². The Morgan fingerprint density at radius 1 is 1.19 bits per heavy atom. The zero-order chi connectivity index (χ0) is 14.8. The predicted octanol–water partition coefficient (Wildman–Crippen LogP) is 1.04. The lowest BCUT2D eigenvalue weighted by Crippen LogP contribution is -3.06. The molecule has 0 saturated carbocycles. The quantitative estimate of drug-likeness (QED) is 0.752. The molecular weight excluding hydrogens is 266 g/mol. The number of hydrogen-bond donors (Lipinski definition) is 2. The second-order valence-corrected chi connectivity index (χ2v) is 5.35. The van der Waals surface area contributed by atoms with Crippen molar-refractivity contribution >= 4 is 10.9 Å². The van der Waals surface area contributed by atoms with Crippen molar-refractivity contribution in [2.24, 2.45) is 0 Å². The number of fused-ring (bicyclic) bond motifs is 1. The van der Waals surface area contributed by atoms with E-state index in [1.54, 1.807) is 6.07 Å². The van der Waals surface area contributed by atoms with Crippen molar-refractivity contribution < 1.29 is 9.32 Å². The number of para-hydroxylation sites is 1. The number of nitrogens with one attached hydrogen (secondary N) is 2. The molecule has 2 aromatic heterocycles. The van der Waals surface area contributed by atoms with Crippen LogP contribution in [0.4, 0.5) is 0 Å². The number of aromatic amines is 1. The van der Waals surface area contributed by atoms with Crippen molar-refractivity contribution in [3.05, 3.63) is 64.1 Å². The summed E-state index contributed by atoms with van der Waals surface area (Å²) >= 11 is 0. The van der Waals surface area contributed by atoms with E-state index in [0.29, 0.717) is 17.8 Å². The molecule has 0 saturated heterocycles. The molecule has 3 rings (SSSR count). The van der Waals surface area contributed by atoms with Gasteiger partial charge in [-0.1, -0.05) is 12.1 Å². The second-order valence-electron chi connectivity index (χ2n) is 5.35. The third-order valence-electron chi connectivity index (χ3n) is 3.40.